The molecule has 0 spiro atoms. The van der Waals surface area contributed by atoms with E-state index in [1.807, 2.05) is 6.92 Å². The number of hydrogen-bond donors (Lipinski definition) is 1. The van der Waals surface area contributed by atoms with E-state index in [1.165, 1.54) is 13.3 Å². The van der Waals surface area contributed by atoms with Gasteiger partial charge in [-0.05, 0) is 6.92 Å². The number of amides is 1. The summed E-state index contributed by atoms with van der Waals surface area (Å²) in [7, 11) is 0. The predicted molar refractivity (Wildman–Crippen MR) is 32.8 cm³/mol. The average Bonchev–Trinajstić information content (AvgIpc) is 1.66. The van der Waals surface area contributed by atoms with Crippen molar-refractivity contribution in [2.24, 2.45) is 4.99 Å². The first kappa shape index (κ1) is 7.14. The lowest BCUT2D eigenvalue weighted by molar-refractivity contribution is -0.117. The maximum absolute atomic E-state index is 10.1. The Kier molecular flexibility index (Phi) is 3.84. The summed E-state index contributed by atoms with van der Waals surface area (Å²) in [5, 5.41) is 2.42. The van der Waals surface area contributed by atoms with Crippen LogP contribution in [0.2, 0.25) is 0 Å². The summed E-state index contributed by atoms with van der Waals surface area (Å²) < 4.78 is 0. The normalized spacial score (nSPS) is 9.75. The first-order valence-electron chi connectivity index (χ1n) is 2.52. The van der Waals surface area contributed by atoms with Crippen LogP contribution in [0, 0.1) is 0 Å². The highest BCUT2D eigenvalue weighted by molar-refractivity contribution is 5.85. The largest absolute Gasteiger partial charge is 0.317 e. The second-order valence-electron chi connectivity index (χ2n) is 1.33. The van der Waals surface area contributed by atoms with E-state index in [-0.39, 0.29) is 5.91 Å². The molecule has 46 valence electrons. The van der Waals surface area contributed by atoms with Crippen molar-refractivity contribution in [3.05, 3.63) is 0 Å². The first-order chi connectivity index (χ1) is 3.77. The van der Waals surface area contributed by atoms with E-state index < -0.39 is 0 Å². The maximum Gasteiger partial charge on any atom is 0.221 e. The van der Waals surface area contributed by atoms with Crippen LogP contribution in [0.4, 0.5) is 0 Å². The summed E-state index contributed by atoms with van der Waals surface area (Å²) in [5.41, 5.74) is 0. The molecule has 0 aromatic heterocycles. The molecule has 1 N–H and O–H groups in total. The number of carbonyl (C=O) groups is 1. The van der Waals surface area contributed by atoms with Gasteiger partial charge in [-0.3, -0.25) is 9.79 Å². The van der Waals surface area contributed by atoms with E-state index in [1.54, 1.807) is 0 Å². The Balaban J connectivity index is 3.16. The second kappa shape index (κ2) is 4.30. The van der Waals surface area contributed by atoms with Crippen LogP contribution in [0.25, 0.3) is 0 Å². The third-order valence-electron chi connectivity index (χ3n) is 0.542. The number of rotatable bonds is 2. The molecule has 0 heterocycles. The van der Waals surface area contributed by atoms with Crippen molar-refractivity contribution < 1.29 is 4.79 Å². The lowest BCUT2D eigenvalue weighted by Crippen LogP contribution is -2.17. The molecule has 0 atom stereocenters. The second-order valence-corrected chi connectivity index (χ2v) is 1.33. The molecule has 0 aromatic carbocycles. The zero-order valence-electron chi connectivity index (χ0n) is 5.14. The first-order valence-corrected chi connectivity index (χ1v) is 2.52. The quantitative estimate of drug-likeness (QED) is 0.403. The summed E-state index contributed by atoms with van der Waals surface area (Å²) in [4.78, 5) is 13.9. The fourth-order valence-electron chi connectivity index (χ4n) is 0.228. The third kappa shape index (κ3) is 5.14. The van der Waals surface area contributed by atoms with Crippen LogP contribution in [0.1, 0.15) is 13.8 Å². The Labute approximate surface area is 48.8 Å². The van der Waals surface area contributed by atoms with E-state index in [0.29, 0.717) is 6.54 Å². The van der Waals surface area contributed by atoms with Gasteiger partial charge in [0.15, 0.2) is 0 Å². The van der Waals surface area contributed by atoms with Gasteiger partial charge in [0.1, 0.15) is 0 Å². The summed E-state index contributed by atoms with van der Waals surface area (Å²) in [6, 6.07) is 0. The van der Waals surface area contributed by atoms with Gasteiger partial charge in [0.2, 0.25) is 5.91 Å². The summed E-state index contributed by atoms with van der Waals surface area (Å²) >= 11 is 0. The zero-order valence-corrected chi connectivity index (χ0v) is 5.14. The van der Waals surface area contributed by atoms with Crippen molar-refractivity contribution in [3.8, 4) is 0 Å². The van der Waals surface area contributed by atoms with Crippen LogP contribution in [0.5, 0.6) is 0 Å². The molecule has 0 fully saturated rings. The summed E-state index contributed by atoms with van der Waals surface area (Å²) in [6.45, 7) is 4.06. The molecule has 0 radical (unpaired) electrons. The van der Waals surface area contributed by atoms with Crippen molar-refractivity contribution in [1.82, 2.24) is 5.32 Å². The number of aliphatic imine (C=N–C) groups is 1. The van der Waals surface area contributed by atoms with Crippen molar-refractivity contribution in [3.63, 3.8) is 0 Å². The van der Waals surface area contributed by atoms with Crippen LogP contribution < -0.4 is 5.32 Å². The molecule has 0 saturated carbocycles. The summed E-state index contributed by atoms with van der Waals surface area (Å²) in [6.07, 6.45) is 1.41. The van der Waals surface area contributed by atoms with Crippen LogP contribution in [0.3, 0.4) is 0 Å². The molecule has 3 nitrogen and oxygen atoms in total. The highest BCUT2D eigenvalue weighted by Crippen LogP contribution is 1.59. The molecule has 0 aromatic rings. The van der Waals surface area contributed by atoms with Gasteiger partial charge in [0.05, 0.1) is 6.34 Å². The van der Waals surface area contributed by atoms with E-state index in [9.17, 15) is 4.79 Å². The molecule has 0 aliphatic heterocycles. The van der Waals surface area contributed by atoms with Crippen LogP contribution in [-0.4, -0.2) is 18.8 Å². The minimum absolute atomic E-state index is 0.0813. The maximum atomic E-state index is 10.1. The molecule has 0 aliphatic carbocycles. The average molecular weight is 114 g/mol. The fraction of sp³-hybridized carbons (Fsp3) is 0.600. The van der Waals surface area contributed by atoms with Gasteiger partial charge < -0.3 is 5.32 Å². The highest BCUT2D eigenvalue weighted by atomic mass is 16.1. The van der Waals surface area contributed by atoms with Crippen LogP contribution in [0.15, 0.2) is 4.99 Å². The molecule has 8 heavy (non-hydrogen) atoms. The number of hydrogen-bond acceptors (Lipinski definition) is 2. The molecule has 0 aliphatic rings. The van der Waals surface area contributed by atoms with Crippen molar-refractivity contribution in [1.29, 1.82) is 0 Å². The minimum Gasteiger partial charge on any atom is -0.317 e. The fourth-order valence-corrected chi connectivity index (χ4v) is 0.228. The number of nitrogens with one attached hydrogen (secondary N) is 1. The Morgan fingerprint density at radius 2 is 2.50 bits per heavy atom. The van der Waals surface area contributed by atoms with E-state index in [4.69, 9.17) is 0 Å². The van der Waals surface area contributed by atoms with Crippen molar-refractivity contribution >= 4 is 12.2 Å². The molecule has 0 saturated heterocycles. The molecule has 0 unspecified atom stereocenters. The standard InChI is InChI=1S/C5H10N2O/c1-3-6-4-7-5(2)8/h4H,3H2,1-2H3,(H,6,7,8). The molecule has 3 heteroatoms. The lowest BCUT2D eigenvalue weighted by atomic mass is 10.7. The Morgan fingerprint density at radius 3 is 2.88 bits per heavy atom. The van der Waals surface area contributed by atoms with Gasteiger partial charge in [-0.1, -0.05) is 0 Å². The van der Waals surface area contributed by atoms with Gasteiger partial charge in [-0.2, -0.15) is 0 Å². The smallest absolute Gasteiger partial charge is 0.221 e. The van der Waals surface area contributed by atoms with Gasteiger partial charge in [-0.15, -0.1) is 0 Å². The van der Waals surface area contributed by atoms with Gasteiger partial charge in [0.25, 0.3) is 0 Å². The molecular formula is C5H10N2O. The Hall–Kier alpha value is -0.860. The highest BCUT2D eigenvalue weighted by Gasteiger charge is 1.79. The molecule has 0 bridgehead atoms. The Bertz CT molecular complexity index is 98.6. The Morgan fingerprint density at radius 1 is 1.88 bits per heavy atom. The minimum atomic E-state index is -0.0813. The van der Waals surface area contributed by atoms with E-state index in [2.05, 4.69) is 10.3 Å². The predicted octanol–water partition coefficient (Wildman–Crippen LogP) is 0.171. The number of nitrogens with zero attached hydrogens (tertiary/aromatic N) is 1. The van der Waals surface area contributed by atoms with Gasteiger partial charge in [-0.25, -0.2) is 0 Å². The monoisotopic (exact) mass is 114 g/mol. The van der Waals surface area contributed by atoms with Crippen LogP contribution in [-0.2, 0) is 4.79 Å². The van der Waals surface area contributed by atoms with E-state index in [0.717, 1.165) is 0 Å². The zero-order chi connectivity index (χ0) is 6.41. The summed E-state index contributed by atoms with van der Waals surface area (Å²) in [5.74, 6) is -0.0813. The molecular weight excluding hydrogens is 104 g/mol. The van der Waals surface area contributed by atoms with Gasteiger partial charge >= 0.3 is 0 Å². The SMILES string of the molecule is CC/N=C/NC(C)=O. The molecule has 1 amide bonds. The lowest BCUT2D eigenvalue weighted by Gasteiger charge is -1.86. The molecule has 0 rings (SSSR count). The van der Waals surface area contributed by atoms with Crippen molar-refractivity contribution in [2.45, 2.75) is 13.8 Å². The topological polar surface area (TPSA) is 41.5 Å². The van der Waals surface area contributed by atoms with Crippen LogP contribution >= 0.6 is 0 Å². The third-order valence-corrected chi connectivity index (χ3v) is 0.542. The van der Waals surface area contributed by atoms with Crippen molar-refractivity contribution in [2.75, 3.05) is 6.54 Å². The van der Waals surface area contributed by atoms with E-state index >= 15 is 0 Å². The van der Waals surface area contributed by atoms with Gasteiger partial charge in [0, 0.05) is 13.5 Å². The number of carbonyl (C=O) groups excluding carboxylic acids is 1.